The number of hydrogen-bond donors (Lipinski definition) is 1. The minimum Gasteiger partial charge on any atom is -0.366 e. The van der Waals surface area contributed by atoms with Crippen molar-refractivity contribution in [1.29, 1.82) is 0 Å². The van der Waals surface area contributed by atoms with E-state index in [9.17, 15) is 13.6 Å². The van der Waals surface area contributed by atoms with Crippen LogP contribution in [0.1, 0.15) is 28.2 Å². The second-order valence-electron chi connectivity index (χ2n) is 2.94. The smallest absolute Gasteiger partial charge is 0.280 e. The van der Waals surface area contributed by atoms with Crippen molar-refractivity contribution in [3.05, 3.63) is 29.2 Å². The number of amides is 1. The van der Waals surface area contributed by atoms with Gasteiger partial charge in [0.25, 0.3) is 12.3 Å². The van der Waals surface area contributed by atoms with Gasteiger partial charge in [0, 0.05) is 6.20 Å². The van der Waals surface area contributed by atoms with Gasteiger partial charge in [0.15, 0.2) is 0 Å². The first-order valence-corrected chi connectivity index (χ1v) is 4.10. The molecule has 2 rings (SSSR count). The summed E-state index contributed by atoms with van der Waals surface area (Å²) in [6.07, 6.45) is 0.106. The maximum Gasteiger partial charge on any atom is 0.280 e. The van der Waals surface area contributed by atoms with Crippen LogP contribution in [0.15, 0.2) is 12.3 Å². The molecule has 1 aliphatic rings. The third kappa shape index (κ3) is 1.54. The zero-order valence-corrected chi connectivity index (χ0v) is 7.45. The first-order valence-electron chi connectivity index (χ1n) is 4.10. The molecule has 15 heavy (non-hydrogen) atoms. The number of primary amides is 1. The second-order valence-corrected chi connectivity index (χ2v) is 2.94. The minimum absolute atomic E-state index is 0.0275. The molecule has 77 valence electrons. The Morgan fingerprint density at radius 3 is 2.80 bits per heavy atom. The molecule has 4 nitrogen and oxygen atoms in total. The highest BCUT2D eigenvalue weighted by Gasteiger charge is 2.21. The van der Waals surface area contributed by atoms with Crippen LogP contribution in [-0.4, -0.2) is 10.9 Å². The van der Waals surface area contributed by atoms with Gasteiger partial charge < -0.3 is 5.73 Å². The molecule has 0 atom stereocenters. The molecule has 0 aliphatic carbocycles. The first-order chi connectivity index (χ1) is 7.09. The molecule has 6 heteroatoms. The molecular formula is C9H6F2N3O. The number of nitrogens with two attached hydrogens (primary N) is 1. The van der Waals surface area contributed by atoms with Gasteiger partial charge in [-0.3, -0.25) is 10.1 Å². The Bertz CT molecular complexity index is 457. The summed E-state index contributed by atoms with van der Waals surface area (Å²) >= 11 is 0. The number of alkyl halides is 2. The minimum atomic E-state index is -2.73. The highest BCUT2D eigenvalue weighted by molar-refractivity contribution is 5.99. The molecule has 1 aromatic heterocycles. The number of carbonyl (C=O) groups is 1. The Morgan fingerprint density at radius 2 is 2.20 bits per heavy atom. The number of fused-ring (bicyclic) bond motifs is 1. The molecule has 2 heterocycles. The SMILES string of the molecule is NC(=O)c1cc(C(F)F)nc2c1[N]C=C2. The summed E-state index contributed by atoms with van der Waals surface area (Å²) < 4.78 is 24.8. The molecule has 1 amide bonds. The molecule has 1 aliphatic heterocycles. The molecule has 1 radical (unpaired) electrons. The number of halogens is 2. The highest BCUT2D eigenvalue weighted by atomic mass is 19.3. The molecule has 0 aromatic carbocycles. The number of aromatic nitrogens is 1. The van der Waals surface area contributed by atoms with E-state index < -0.39 is 18.0 Å². The van der Waals surface area contributed by atoms with Crippen LogP contribution < -0.4 is 11.1 Å². The Labute approximate surface area is 83.8 Å². The van der Waals surface area contributed by atoms with E-state index in [1.54, 1.807) is 0 Å². The molecule has 0 saturated carbocycles. The van der Waals surface area contributed by atoms with Crippen LogP contribution in [0.3, 0.4) is 0 Å². The van der Waals surface area contributed by atoms with E-state index >= 15 is 0 Å². The van der Waals surface area contributed by atoms with Gasteiger partial charge in [0.1, 0.15) is 11.4 Å². The molecular weight excluding hydrogens is 204 g/mol. The number of rotatable bonds is 2. The van der Waals surface area contributed by atoms with Crippen molar-refractivity contribution < 1.29 is 13.6 Å². The van der Waals surface area contributed by atoms with Crippen molar-refractivity contribution in [3.8, 4) is 0 Å². The highest BCUT2D eigenvalue weighted by Crippen LogP contribution is 2.29. The predicted octanol–water partition coefficient (Wildman–Crippen LogP) is 1.34. The molecule has 1 aromatic rings. The molecule has 0 saturated heterocycles. The molecule has 0 unspecified atom stereocenters. The van der Waals surface area contributed by atoms with Gasteiger partial charge in [0.2, 0.25) is 0 Å². The summed E-state index contributed by atoms with van der Waals surface area (Å²) in [5.41, 5.74) is 5.07. The van der Waals surface area contributed by atoms with E-state index in [4.69, 9.17) is 5.73 Å². The molecule has 0 fully saturated rings. The number of pyridine rings is 1. The summed E-state index contributed by atoms with van der Waals surface area (Å²) in [6, 6.07) is 0.975. The Balaban J connectivity index is 2.61. The van der Waals surface area contributed by atoms with Crippen molar-refractivity contribution in [1.82, 2.24) is 10.3 Å². The average Bonchev–Trinajstić information content (AvgIpc) is 2.62. The third-order valence-electron chi connectivity index (χ3n) is 1.96. The fraction of sp³-hybridized carbons (Fsp3) is 0.111. The fourth-order valence-electron chi connectivity index (χ4n) is 1.31. The van der Waals surface area contributed by atoms with Crippen LogP contribution in [0.25, 0.3) is 6.08 Å². The van der Waals surface area contributed by atoms with Gasteiger partial charge in [0.05, 0.1) is 11.3 Å². The second kappa shape index (κ2) is 3.30. The molecule has 0 spiro atoms. The van der Waals surface area contributed by atoms with E-state index in [1.807, 2.05) is 0 Å². The van der Waals surface area contributed by atoms with E-state index in [0.717, 1.165) is 6.07 Å². The number of hydrogen-bond acceptors (Lipinski definition) is 2. The average molecular weight is 210 g/mol. The number of carbonyl (C=O) groups excluding carboxylic acids is 1. The van der Waals surface area contributed by atoms with Gasteiger partial charge >= 0.3 is 0 Å². The number of nitrogens with zero attached hydrogens (tertiary/aromatic N) is 2. The van der Waals surface area contributed by atoms with Crippen molar-refractivity contribution in [2.24, 2.45) is 5.73 Å². The van der Waals surface area contributed by atoms with Crippen LogP contribution in [0.4, 0.5) is 14.5 Å². The summed E-state index contributed by atoms with van der Waals surface area (Å²) in [5.74, 6) is -0.789. The van der Waals surface area contributed by atoms with Gasteiger partial charge in [-0.2, -0.15) is 0 Å². The molecule has 2 N–H and O–H groups in total. The van der Waals surface area contributed by atoms with Crippen molar-refractivity contribution in [3.63, 3.8) is 0 Å². The van der Waals surface area contributed by atoms with Crippen LogP contribution in [-0.2, 0) is 0 Å². The zero-order valence-electron chi connectivity index (χ0n) is 7.45. The summed E-state index contributed by atoms with van der Waals surface area (Å²) in [5, 5.41) is 3.83. The lowest BCUT2D eigenvalue weighted by Gasteiger charge is -2.06. The summed E-state index contributed by atoms with van der Waals surface area (Å²) in [6.45, 7) is 0. The van der Waals surface area contributed by atoms with Gasteiger partial charge in [-0.25, -0.2) is 13.8 Å². The Hall–Kier alpha value is -1.98. The largest absolute Gasteiger partial charge is 0.366 e. The lowest BCUT2D eigenvalue weighted by molar-refractivity contribution is 0.1000. The maximum atomic E-state index is 12.4. The Kier molecular flexibility index (Phi) is 2.11. The predicted molar refractivity (Wildman–Crippen MR) is 48.5 cm³/mol. The van der Waals surface area contributed by atoms with Crippen LogP contribution in [0, 0.1) is 0 Å². The normalized spacial score (nSPS) is 12.7. The van der Waals surface area contributed by atoms with Gasteiger partial charge in [-0.05, 0) is 12.1 Å². The first kappa shape index (κ1) is 9.57. The van der Waals surface area contributed by atoms with Gasteiger partial charge in [-0.15, -0.1) is 0 Å². The van der Waals surface area contributed by atoms with Crippen molar-refractivity contribution >= 4 is 17.7 Å². The van der Waals surface area contributed by atoms with E-state index in [1.165, 1.54) is 12.3 Å². The van der Waals surface area contributed by atoms with E-state index in [0.29, 0.717) is 0 Å². The van der Waals surface area contributed by atoms with Crippen molar-refractivity contribution in [2.45, 2.75) is 6.43 Å². The third-order valence-corrected chi connectivity index (χ3v) is 1.96. The van der Waals surface area contributed by atoms with E-state index in [2.05, 4.69) is 10.3 Å². The van der Waals surface area contributed by atoms with Crippen LogP contribution >= 0.6 is 0 Å². The fourth-order valence-corrected chi connectivity index (χ4v) is 1.31. The Morgan fingerprint density at radius 1 is 1.47 bits per heavy atom. The quantitative estimate of drug-likeness (QED) is 0.800. The summed E-state index contributed by atoms with van der Waals surface area (Å²) in [4.78, 5) is 14.7. The maximum absolute atomic E-state index is 12.4. The summed E-state index contributed by atoms with van der Waals surface area (Å²) in [7, 11) is 0. The van der Waals surface area contributed by atoms with Crippen LogP contribution in [0.2, 0.25) is 0 Å². The van der Waals surface area contributed by atoms with E-state index in [-0.39, 0.29) is 16.9 Å². The van der Waals surface area contributed by atoms with Gasteiger partial charge in [-0.1, -0.05) is 0 Å². The lowest BCUT2D eigenvalue weighted by Crippen LogP contribution is -2.14. The lowest BCUT2D eigenvalue weighted by atomic mass is 10.1. The standard InChI is InChI=1S/C9H6F2N3O/c10-8(11)6-3-4(9(12)15)7-5(14-6)1-2-13-7/h1-3,8H,(H2,12,15). The van der Waals surface area contributed by atoms with Crippen LogP contribution in [0.5, 0.6) is 0 Å². The van der Waals surface area contributed by atoms with Crippen molar-refractivity contribution in [2.75, 3.05) is 0 Å². The monoisotopic (exact) mass is 210 g/mol. The molecule has 0 bridgehead atoms. The topological polar surface area (TPSA) is 70.1 Å². The zero-order chi connectivity index (χ0) is 11.0.